The molecular formula is C3O9Os2. The molecule has 14 heavy (non-hydrogen) atoms. The summed E-state index contributed by atoms with van der Waals surface area (Å²) in [5.41, 5.74) is 0. The molecule has 0 amide bonds. The van der Waals surface area contributed by atoms with Crippen molar-refractivity contribution in [1.82, 2.24) is 0 Å². The van der Waals surface area contributed by atoms with Gasteiger partial charge in [-0.3, -0.25) is 0 Å². The summed E-state index contributed by atoms with van der Waals surface area (Å²) in [7, 11) is 0. The van der Waals surface area contributed by atoms with E-state index in [0.717, 1.165) is 0 Å². The number of carboxylic acid groups (broad SMARTS) is 6. The van der Waals surface area contributed by atoms with Crippen LogP contribution in [0, 0.1) is 0 Å². The predicted molar refractivity (Wildman–Crippen MR) is 16.2 cm³/mol. The first-order chi connectivity index (χ1) is 5.20. The van der Waals surface area contributed by atoms with Crippen molar-refractivity contribution in [3.63, 3.8) is 0 Å². The fourth-order valence-corrected chi connectivity index (χ4v) is 0. The maximum absolute atomic E-state index is 8.33. The number of rotatable bonds is 0. The second-order valence-corrected chi connectivity index (χ2v) is 0.750. The Morgan fingerprint density at radius 2 is 0.500 bits per heavy atom. The van der Waals surface area contributed by atoms with Crippen LogP contribution < -0.4 is 30.6 Å². The minimum absolute atomic E-state index is 0. The molecule has 0 atom stereocenters. The van der Waals surface area contributed by atoms with E-state index in [-0.39, 0.29) is 39.6 Å². The minimum atomic E-state index is -2.33. The van der Waals surface area contributed by atoms with E-state index in [1.807, 2.05) is 0 Å². The summed E-state index contributed by atoms with van der Waals surface area (Å²) >= 11 is 0. The average Bonchev–Trinajstić information content (AvgIpc) is 1.54. The van der Waals surface area contributed by atoms with E-state index in [1.165, 1.54) is 0 Å². The molecular weight excluding hydrogens is 560 g/mol. The van der Waals surface area contributed by atoms with E-state index in [0.29, 0.717) is 0 Å². The molecule has 0 rings (SSSR count). The molecule has 0 N–H and O–H groups in total. The Labute approximate surface area is 103 Å². The average molecular weight is 560 g/mol. The van der Waals surface area contributed by atoms with Crippen LogP contribution in [0.3, 0.4) is 0 Å². The fraction of sp³-hybridized carbons (Fsp3) is 0. The molecule has 0 spiro atoms. The zero-order valence-corrected chi connectivity index (χ0v) is 11.0. The fourth-order valence-electron chi connectivity index (χ4n) is 0. The SMILES string of the molecule is O=C([O-])[O-].O=C([O-])[O-].O=C([O-])[O-].[Os+3].[Os+3]. The smallest absolute Gasteiger partial charge is 0.652 e. The van der Waals surface area contributed by atoms with E-state index < -0.39 is 18.5 Å². The molecule has 0 aromatic heterocycles. The van der Waals surface area contributed by atoms with Crippen LogP contribution in [-0.2, 0) is 39.6 Å². The number of hydrogen-bond donors (Lipinski definition) is 0. The molecule has 0 heterocycles. The van der Waals surface area contributed by atoms with Crippen molar-refractivity contribution < 1.29 is 84.6 Å². The van der Waals surface area contributed by atoms with Crippen LogP contribution in [0.15, 0.2) is 0 Å². The molecule has 0 aliphatic heterocycles. The van der Waals surface area contributed by atoms with E-state index in [4.69, 9.17) is 45.0 Å². The van der Waals surface area contributed by atoms with Crippen molar-refractivity contribution in [3.05, 3.63) is 0 Å². The van der Waals surface area contributed by atoms with Crippen LogP contribution in [0.4, 0.5) is 14.4 Å². The summed E-state index contributed by atoms with van der Waals surface area (Å²) in [4.78, 5) is 25.0. The van der Waals surface area contributed by atoms with Gasteiger partial charge < -0.3 is 45.0 Å². The quantitative estimate of drug-likeness (QED) is 0.277. The van der Waals surface area contributed by atoms with Gasteiger partial charge in [0.15, 0.2) is 0 Å². The van der Waals surface area contributed by atoms with Crippen LogP contribution in [0.2, 0.25) is 0 Å². The first-order valence-electron chi connectivity index (χ1n) is 1.84. The van der Waals surface area contributed by atoms with Crippen molar-refractivity contribution in [1.29, 1.82) is 0 Å². The van der Waals surface area contributed by atoms with Gasteiger partial charge in [0.05, 0.1) is 0 Å². The van der Waals surface area contributed by atoms with Gasteiger partial charge in [0, 0.05) is 0 Å². The standard InChI is InChI=1S/3CH2O3.2Os/c3*2-1(3)4;;/h3*(H2,2,3,4);;/q;;;2*+3/p-6. The summed E-state index contributed by atoms with van der Waals surface area (Å²) in [5, 5.41) is 50.0. The van der Waals surface area contributed by atoms with E-state index in [2.05, 4.69) is 0 Å². The second-order valence-electron chi connectivity index (χ2n) is 0.750. The Morgan fingerprint density at radius 3 is 0.500 bits per heavy atom. The summed E-state index contributed by atoms with van der Waals surface area (Å²) in [6.45, 7) is 0. The van der Waals surface area contributed by atoms with Gasteiger partial charge in [-0.05, 0) is 18.5 Å². The van der Waals surface area contributed by atoms with Gasteiger partial charge in [0.2, 0.25) is 0 Å². The van der Waals surface area contributed by atoms with Gasteiger partial charge in [-0.25, -0.2) is 0 Å². The number of hydrogen-bond acceptors (Lipinski definition) is 9. The molecule has 9 nitrogen and oxygen atoms in total. The molecule has 0 aromatic rings. The third-order valence-electron chi connectivity index (χ3n) is 0. The Kier molecular flexibility index (Phi) is 47.4. The van der Waals surface area contributed by atoms with Gasteiger partial charge in [0.25, 0.3) is 0 Å². The van der Waals surface area contributed by atoms with Crippen LogP contribution in [0.5, 0.6) is 0 Å². The van der Waals surface area contributed by atoms with Crippen molar-refractivity contribution >= 4 is 18.5 Å². The van der Waals surface area contributed by atoms with Gasteiger partial charge >= 0.3 is 39.6 Å². The van der Waals surface area contributed by atoms with Gasteiger partial charge in [-0.2, -0.15) is 0 Å². The van der Waals surface area contributed by atoms with Crippen LogP contribution in [0.25, 0.3) is 0 Å². The monoisotopic (exact) mass is 564 g/mol. The Balaban J connectivity index is -0.0000000270. The number of carbonyl (C=O) groups is 3. The molecule has 0 saturated heterocycles. The van der Waals surface area contributed by atoms with Crippen molar-refractivity contribution in [2.45, 2.75) is 0 Å². The number of carbonyl (C=O) groups excluding carboxylic acids is 3. The first-order valence-corrected chi connectivity index (χ1v) is 1.84. The van der Waals surface area contributed by atoms with Crippen LogP contribution in [-0.4, -0.2) is 18.5 Å². The summed E-state index contributed by atoms with van der Waals surface area (Å²) in [6.07, 6.45) is -7.00. The predicted octanol–water partition coefficient (Wildman–Crippen LogP) is -7.35. The normalized spacial score (nSPS) is 5.14. The van der Waals surface area contributed by atoms with Gasteiger partial charge in [-0.1, -0.05) is 0 Å². The van der Waals surface area contributed by atoms with Crippen molar-refractivity contribution in [3.8, 4) is 0 Å². The maximum atomic E-state index is 8.33. The van der Waals surface area contributed by atoms with E-state index >= 15 is 0 Å². The molecule has 0 aromatic carbocycles. The molecule has 0 saturated carbocycles. The summed E-state index contributed by atoms with van der Waals surface area (Å²) < 4.78 is 0. The molecule has 82 valence electrons. The zero-order chi connectivity index (χ0) is 10.7. The van der Waals surface area contributed by atoms with Gasteiger partial charge in [-0.15, -0.1) is 0 Å². The third-order valence-corrected chi connectivity index (χ3v) is 0. The Bertz CT molecular complexity index is 116. The molecule has 0 unspecified atom stereocenters. The van der Waals surface area contributed by atoms with Crippen LogP contribution >= 0.6 is 0 Å². The van der Waals surface area contributed by atoms with Crippen LogP contribution in [0.1, 0.15) is 0 Å². The molecule has 0 aliphatic rings. The summed E-state index contributed by atoms with van der Waals surface area (Å²) in [5.74, 6) is 0. The minimum Gasteiger partial charge on any atom is -0.652 e. The third kappa shape index (κ3) is 1340. The molecule has 0 fully saturated rings. The Morgan fingerprint density at radius 1 is 0.500 bits per heavy atom. The molecule has 0 bridgehead atoms. The largest absolute Gasteiger partial charge is 3.00 e. The maximum Gasteiger partial charge on any atom is 3.00 e. The van der Waals surface area contributed by atoms with E-state index in [1.54, 1.807) is 0 Å². The van der Waals surface area contributed by atoms with Gasteiger partial charge in [0.1, 0.15) is 0 Å². The molecule has 11 heteroatoms. The zero-order valence-electron chi connectivity index (χ0n) is 5.88. The summed E-state index contributed by atoms with van der Waals surface area (Å²) in [6, 6.07) is 0. The van der Waals surface area contributed by atoms with E-state index in [9.17, 15) is 0 Å². The topological polar surface area (TPSA) is 190 Å². The molecule has 0 aliphatic carbocycles. The van der Waals surface area contributed by atoms with Crippen molar-refractivity contribution in [2.75, 3.05) is 0 Å². The first kappa shape index (κ1) is 29.2. The second kappa shape index (κ2) is 22.7. The Hall–Kier alpha value is -0.917. The van der Waals surface area contributed by atoms with Crippen molar-refractivity contribution in [2.24, 2.45) is 0 Å². The molecule has 2 radical (unpaired) electrons.